The highest BCUT2D eigenvalue weighted by Gasteiger charge is 2.18. The Morgan fingerprint density at radius 2 is 1.92 bits per heavy atom. The Morgan fingerprint density at radius 3 is 2.42 bits per heavy atom. The van der Waals surface area contributed by atoms with Crippen molar-refractivity contribution in [2.24, 2.45) is 11.8 Å². The molecule has 1 fully saturated rings. The summed E-state index contributed by atoms with van der Waals surface area (Å²) in [5.41, 5.74) is 2.87. The predicted octanol–water partition coefficient (Wildman–Crippen LogP) is 3.71. The quantitative estimate of drug-likeness (QED) is 0.438. The highest BCUT2D eigenvalue weighted by molar-refractivity contribution is 4.98. The van der Waals surface area contributed by atoms with E-state index in [4.69, 9.17) is 0 Å². The van der Waals surface area contributed by atoms with Gasteiger partial charge in [0, 0.05) is 5.92 Å². The smallest absolute Gasteiger partial charge is 0.00478 e. The van der Waals surface area contributed by atoms with Crippen molar-refractivity contribution in [1.82, 2.24) is 0 Å². The van der Waals surface area contributed by atoms with Crippen LogP contribution in [0.15, 0.2) is 31.0 Å². The SMILES string of the molecule is C=C=C[C@H](C=C)C1CCCCC1. The van der Waals surface area contributed by atoms with Crippen molar-refractivity contribution in [2.75, 3.05) is 0 Å². The van der Waals surface area contributed by atoms with Gasteiger partial charge in [-0.1, -0.05) is 31.9 Å². The molecule has 0 unspecified atom stereocenters. The van der Waals surface area contributed by atoms with Gasteiger partial charge in [-0.2, -0.15) is 0 Å². The molecule has 0 bridgehead atoms. The second kappa shape index (κ2) is 5.00. The normalized spacial score (nSPS) is 21.0. The van der Waals surface area contributed by atoms with Crippen molar-refractivity contribution in [3.8, 4) is 0 Å². The van der Waals surface area contributed by atoms with Crippen molar-refractivity contribution in [3.05, 3.63) is 31.0 Å². The molecule has 0 aromatic rings. The van der Waals surface area contributed by atoms with Gasteiger partial charge in [-0.15, -0.1) is 12.3 Å². The van der Waals surface area contributed by atoms with E-state index in [1.54, 1.807) is 0 Å². The molecule has 0 aliphatic heterocycles. The summed E-state index contributed by atoms with van der Waals surface area (Å²) in [5, 5.41) is 0. The second-order valence-corrected chi connectivity index (χ2v) is 3.58. The van der Waals surface area contributed by atoms with Crippen LogP contribution >= 0.6 is 0 Å². The molecule has 1 saturated carbocycles. The fourth-order valence-electron chi connectivity index (χ4n) is 2.05. The first-order valence-electron chi connectivity index (χ1n) is 4.87. The summed E-state index contributed by atoms with van der Waals surface area (Å²) in [5.74, 6) is 1.33. The molecule has 66 valence electrons. The van der Waals surface area contributed by atoms with Gasteiger partial charge in [0.2, 0.25) is 0 Å². The lowest BCUT2D eigenvalue weighted by Crippen LogP contribution is -2.13. The average Bonchev–Trinajstić information content (AvgIpc) is 2.15. The van der Waals surface area contributed by atoms with Crippen molar-refractivity contribution in [1.29, 1.82) is 0 Å². The summed E-state index contributed by atoms with van der Waals surface area (Å²) in [6, 6.07) is 0. The van der Waals surface area contributed by atoms with Gasteiger partial charge in [-0.05, 0) is 24.8 Å². The van der Waals surface area contributed by atoms with Gasteiger partial charge < -0.3 is 0 Å². The van der Waals surface area contributed by atoms with Crippen LogP contribution in [0.4, 0.5) is 0 Å². The molecule has 0 nitrogen and oxygen atoms in total. The van der Waals surface area contributed by atoms with E-state index in [-0.39, 0.29) is 0 Å². The third-order valence-corrected chi connectivity index (χ3v) is 2.78. The van der Waals surface area contributed by atoms with Gasteiger partial charge in [0.25, 0.3) is 0 Å². The standard InChI is InChI=1S/C12H18/c1-3-8-11(4-2)12-9-6-5-7-10-12/h4,8,11-12H,1-2,5-7,9-10H2/t11-/m0/s1. The Hall–Kier alpha value is -0.740. The van der Waals surface area contributed by atoms with Crippen molar-refractivity contribution >= 4 is 0 Å². The molecular weight excluding hydrogens is 144 g/mol. The minimum Gasteiger partial charge on any atom is -0.132 e. The van der Waals surface area contributed by atoms with E-state index in [1.807, 2.05) is 6.08 Å². The zero-order valence-corrected chi connectivity index (χ0v) is 7.76. The minimum absolute atomic E-state index is 0.516. The van der Waals surface area contributed by atoms with E-state index in [9.17, 15) is 0 Å². The average molecular weight is 162 g/mol. The molecule has 1 aliphatic carbocycles. The maximum absolute atomic E-state index is 3.86. The van der Waals surface area contributed by atoms with E-state index in [0.29, 0.717) is 5.92 Å². The zero-order chi connectivity index (χ0) is 8.81. The third-order valence-electron chi connectivity index (χ3n) is 2.78. The topological polar surface area (TPSA) is 0 Å². The molecule has 0 heteroatoms. The molecule has 0 radical (unpaired) electrons. The molecule has 0 aromatic heterocycles. The van der Waals surface area contributed by atoms with Gasteiger partial charge in [0.05, 0.1) is 0 Å². The summed E-state index contributed by atoms with van der Waals surface area (Å²) in [7, 11) is 0. The van der Waals surface area contributed by atoms with Crippen molar-refractivity contribution in [3.63, 3.8) is 0 Å². The Bertz CT molecular complexity index is 178. The largest absolute Gasteiger partial charge is 0.132 e. The molecule has 0 aromatic carbocycles. The number of rotatable bonds is 3. The Labute approximate surface area is 75.7 Å². The van der Waals surface area contributed by atoms with Crippen LogP contribution in [0.25, 0.3) is 0 Å². The van der Waals surface area contributed by atoms with Gasteiger partial charge in [-0.25, -0.2) is 0 Å². The van der Waals surface area contributed by atoms with Crippen LogP contribution in [-0.4, -0.2) is 0 Å². The lowest BCUT2D eigenvalue weighted by Gasteiger charge is -2.25. The first kappa shape index (κ1) is 9.35. The molecular formula is C12H18. The first-order valence-corrected chi connectivity index (χ1v) is 4.87. The Balaban J connectivity index is 2.51. The zero-order valence-electron chi connectivity index (χ0n) is 7.76. The summed E-state index contributed by atoms with van der Waals surface area (Å²) in [4.78, 5) is 0. The van der Waals surface area contributed by atoms with Gasteiger partial charge >= 0.3 is 0 Å². The fourth-order valence-corrected chi connectivity index (χ4v) is 2.05. The number of hydrogen-bond acceptors (Lipinski definition) is 0. The van der Waals surface area contributed by atoms with Crippen molar-refractivity contribution < 1.29 is 0 Å². The molecule has 1 rings (SSSR count). The molecule has 1 aliphatic rings. The molecule has 0 spiro atoms. The van der Waals surface area contributed by atoms with Crippen LogP contribution in [-0.2, 0) is 0 Å². The van der Waals surface area contributed by atoms with Gasteiger partial charge in [-0.3, -0.25) is 0 Å². The summed E-state index contributed by atoms with van der Waals surface area (Å²) in [6.45, 7) is 7.47. The highest BCUT2D eigenvalue weighted by atomic mass is 14.2. The Morgan fingerprint density at radius 1 is 1.25 bits per heavy atom. The lowest BCUT2D eigenvalue weighted by atomic mass is 9.80. The van der Waals surface area contributed by atoms with Crippen LogP contribution in [0.1, 0.15) is 32.1 Å². The van der Waals surface area contributed by atoms with Crippen LogP contribution in [0.5, 0.6) is 0 Å². The van der Waals surface area contributed by atoms with Gasteiger partial charge in [0.15, 0.2) is 0 Å². The van der Waals surface area contributed by atoms with E-state index >= 15 is 0 Å². The van der Waals surface area contributed by atoms with Crippen LogP contribution < -0.4 is 0 Å². The van der Waals surface area contributed by atoms with Crippen LogP contribution in [0, 0.1) is 11.8 Å². The predicted molar refractivity (Wildman–Crippen MR) is 54.0 cm³/mol. The third kappa shape index (κ3) is 2.39. The second-order valence-electron chi connectivity index (χ2n) is 3.58. The maximum Gasteiger partial charge on any atom is 0.00478 e. The maximum atomic E-state index is 3.86. The Kier molecular flexibility index (Phi) is 3.90. The van der Waals surface area contributed by atoms with E-state index in [2.05, 4.69) is 25.0 Å². The highest BCUT2D eigenvalue weighted by Crippen LogP contribution is 2.30. The van der Waals surface area contributed by atoms with Crippen LogP contribution in [0.3, 0.4) is 0 Å². The molecule has 0 saturated heterocycles. The summed E-state index contributed by atoms with van der Waals surface area (Å²) in [6.07, 6.45) is 11.0. The van der Waals surface area contributed by atoms with E-state index < -0.39 is 0 Å². The van der Waals surface area contributed by atoms with Crippen LogP contribution in [0.2, 0.25) is 0 Å². The molecule has 0 N–H and O–H groups in total. The lowest BCUT2D eigenvalue weighted by molar-refractivity contribution is 0.318. The van der Waals surface area contributed by atoms with E-state index in [1.165, 1.54) is 32.1 Å². The molecule has 12 heavy (non-hydrogen) atoms. The summed E-state index contributed by atoms with van der Waals surface area (Å²) >= 11 is 0. The molecule has 0 heterocycles. The number of allylic oxidation sites excluding steroid dienone is 2. The first-order chi connectivity index (χ1) is 5.88. The van der Waals surface area contributed by atoms with Gasteiger partial charge in [0.1, 0.15) is 0 Å². The monoisotopic (exact) mass is 162 g/mol. The molecule has 1 atom stereocenters. The molecule has 0 amide bonds. The van der Waals surface area contributed by atoms with E-state index in [0.717, 1.165) is 5.92 Å². The fraction of sp³-hybridized carbons (Fsp3) is 0.583. The minimum atomic E-state index is 0.516. The summed E-state index contributed by atoms with van der Waals surface area (Å²) < 4.78 is 0. The number of hydrogen-bond donors (Lipinski definition) is 0. The van der Waals surface area contributed by atoms with Crippen molar-refractivity contribution in [2.45, 2.75) is 32.1 Å².